The molecule has 1 aliphatic heterocycles. The fraction of sp³-hybridized carbons (Fsp3) is 0.385. The van der Waals surface area contributed by atoms with Gasteiger partial charge in [-0.05, 0) is 60.7 Å². The van der Waals surface area contributed by atoms with E-state index in [0.29, 0.717) is 18.7 Å². The van der Waals surface area contributed by atoms with Crippen LogP contribution in [0.1, 0.15) is 29.2 Å². The van der Waals surface area contributed by atoms with Crippen LogP contribution in [0.4, 0.5) is 5.69 Å². The molecule has 0 spiro atoms. The number of carbonyl (C=O) groups is 1. The third kappa shape index (κ3) is 5.09. The average Bonchev–Trinajstić information content (AvgIpc) is 2.78. The Labute approximate surface area is 188 Å². The Morgan fingerprint density at radius 1 is 1.03 bits per heavy atom. The number of hydrogen-bond donors (Lipinski definition) is 1. The van der Waals surface area contributed by atoms with Crippen molar-refractivity contribution in [2.75, 3.05) is 38.0 Å². The van der Waals surface area contributed by atoms with Gasteiger partial charge in [-0.25, -0.2) is 4.79 Å². The van der Waals surface area contributed by atoms with E-state index < -0.39 is 0 Å². The molecule has 0 aliphatic carbocycles. The Morgan fingerprint density at radius 2 is 1.78 bits per heavy atom. The standard InChI is InChI=1S/C26H31N3O3/c1-4-20-8-9-24-22(14-20)21(15-26(31)32-24)16-28-10-12-29(13-11-28)17-25(30)27-23-7-5-6-18(2)19(23)3/h5-9,14-15H,4,10-13,16-17H2,1-3H3,(H,27,30). The number of amides is 1. The summed E-state index contributed by atoms with van der Waals surface area (Å²) in [6, 6.07) is 13.6. The molecule has 0 saturated carbocycles. The van der Waals surface area contributed by atoms with Crippen LogP contribution in [-0.4, -0.2) is 48.4 Å². The van der Waals surface area contributed by atoms with Crippen molar-refractivity contribution < 1.29 is 9.21 Å². The molecule has 6 nitrogen and oxygen atoms in total. The Bertz CT molecular complexity index is 1180. The van der Waals surface area contributed by atoms with Gasteiger partial charge < -0.3 is 9.73 Å². The molecule has 0 unspecified atom stereocenters. The molecule has 1 fully saturated rings. The highest BCUT2D eigenvalue weighted by atomic mass is 16.4. The summed E-state index contributed by atoms with van der Waals surface area (Å²) >= 11 is 0. The summed E-state index contributed by atoms with van der Waals surface area (Å²) in [5.74, 6) is 0.0194. The predicted octanol–water partition coefficient (Wildman–Crippen LogP) is 3.73. The van der Waals surface area contributed by atoms with Crippen molar-refractivity contribution in [1.29, 1.82) is 0 Å². The summed E-state index contributed by atoms with van der Waals surface area (Å²) in [6.07, 6.45) is 0.942. The second-order valence-corrected chi connectivity index (χ2v) is 8.62. The van der Waals surface area contributed by atoms with Gasteiger partial charge in [0.2, 0.25) is 5.91 Å². The first-order chi connectivity index (χ1) is 15.4. The fourth-order valence-corrected chi connectivity index (χ4v) is 4.25. The first-order valence-electron chi connectivity index (χ1n) is 11.3. The second kappa shape index (κ2) is 9.67. The lowest BCUT2D eigenvalue weighted by atomic mass is 10.0. The van der Waals surface area contributed by atoms with Gasteiger partial charge in [0.05, 0.1) is 6.54 Å². The lowest BCUT2D eigenvalue weighted by Crippen LogP contribution is -2.48. The minimum Gasteiger partial charge on any atom is -0.423 e. The molecule has 1 saturated heterocycles. The highest BCUT2D eigenvalue weighted by Crippen LogP contribution is 2.21. The number of piperazine rings is 1. The van der Waals surface area contributed by atoms with E-state index in [-0.39, 0.29) is 11.5 Å². The number of fused-ring (bicyclic) bond motifs is 1. The van der Waals surface area contributed by atoms with Gasteiger partial charge in [-0.1, -0.05) is 25.1 Å². The van der Waals surface area contributed by atoms with Crippen LogP contribution in [0.3, 0.4) is 0 Å². The van der Waals surface area contributed by atoms with E-state index >= 15 is 0 Å². The van der Waals surface area contributed by atoms with E-state index in [0.717, 1.165) is 54.8 Å². The van der Waals surface area contributed by atoms with Gasteiger partial charge in [-0.15, -0.1) is 0 Å². The summed E-state index contributed by atoms with van der Waals surface area (Å²) in [5.41, 5.74) is 5.74. The van der Waals surface area contributed by atoms with Gasteiger partial charge >= 0.3 is 5.63 Å². The SMILES string of the molecule is CCc1ccc2oc(=O)cc(CN3CCN(CC(=O)Nc4cccc(C)c4C)CC3)c2c1. The summed E-state index contributed by atoms with van der Waals surface area (Å²) in [4.78, 5) is 29.1. The molecule has 2 heterocycles. The van der Waals surface area contributed by atoms with Crippen LogP contribution in [0, 0.1) is 13.8 Å². The molecule has 1 aromatic heterocycles. The third-order valence-electron chi connectivity index (χ3n) is 6.41. The maximum absolute atomic E-state index is 12.5. The molecule has 0 atom stereocenters. The van der Waals surface area contributed by atoms with E-state index in [1.165, 1.54) is 11.1 Å². The molecule has 0 radical (unpaired) electrons. The first-order valence-corrected chi connectivity index (χ1v) is 11.3. The van der Waals surface area contributed by atoms with E-state index in [1.807, 2.05) is 44.2 Å². The Morgan fingerprint density at radius 3 is 2.53 bits per heavy atom. The van der Waals surface area contributed by atoms with E-state index in [4.69, 9.17) is 4.42 Å². The van der Waals surface area contributed by atoms with Gasteiger partial charge in [0.25, 0.3) is 0 Å². The van der Waals surface area contributed by atoms with Crippen LogP contribution in [-0.2, 0) is 17.8 Å². The highest BCUT2D eigenvalue weighted by molar-refractivity contribution is 5.93. The van der Waals surface area contributed by atoms with E-state index in [2.05, 4.69) is 28.1 Å². The number of rotatable bonds is 6. The zero-order valence-corrected chi connectivity index (χ0v) is 19.1. The predicted molar refractivity (Wildman–Crippen MR) is 128 cm³/mol. The van der Waals surface area contributed by atoms with Gasteiger partial charge in [0.15, 0.2) is 0 Å². The van der Waals surface area contributed by atoms with Crippen LogP contribution in [0.25, 0.3) is 11.0 Å². The molecule has 1 amide bonds. The summed E-state index contributed by atoms with van der Waals surface area (Å²) in [7, 11) is 0. The number of aryl methyl sites for hydroxylation is 2. The van der Waals surface area contributed by atoms with Crippen LogP contribution in [0.5, 0.6) is 0 Å². The molecule has 3 aromatic rings. The van der Waals surface area contributed by atoms with E-state index in [9.17, 15) is 9.59 Å². The minimum absolute atomic E-state index is 0.0194. The Kier molecular flexibility index (Phi) is 6.72. The lowest BCUT2D eigenvalue weighted by Gasteiger charge is -2.34. The smallest absolute Gasteiger partial charge is 0.336 e. The monoisotopic (exact) mass is 433 g/mol. The van der Waals surface area contributed by atoms with Crippen LogP contribution in [0.15, 0.2) is 51.7 Å². The van der Waals surface area contributed by atoms with Gasteiger partial charge in [0, 0.05) is 49.9 Å². The number of benzene rings is 2. The molecule has 0 bridgehead atoms. The normalized spacial score (nSPS) is 15.2. The molecule has 1 aliphatic rings. The number of nitrogens with one attached hydrogen (secondary N) is 1. The maximum atomic E-state index is 12.5. The van der Waals surface area contributed by atoms with Crippen molar-refractivity contribution in [3.8, 4) is 0 Å². The largest absolute Gasteiger partial charge is 0.423 e. The molecule has 1 N–H and O–H groups in total. The Balaban J connectivity index is 1.36. The number of carbonyl (C=O) groups excluding carboxylic acids is 1. The number of hydrogen-bond acceptors (Lipinski definition) is 5. The second-order valence-electron chi connectivity index (χ2n) is 8.62. The Hall–Kier alpha value is -2.96. The van der Waals surface area contributed by atoms with Crippen molar-refractivity contribution in [1.82, 2.24) is 9.80 Å². The lowest BCUT2D eigenvalue weighted by molar-refractivity contribution is -0.117. The molecule has 6 heteroatoms. The highest BCUT2D eigenvalue weighted by Gasteiger charge is 2.20. The zero-order valence-electron chi connectivity index (χ0n) is 19.1. The van der Waals surface area contributed by atoms with Crippen LogP contribution in [0.2, 0.25) is 0 Å². The third-order valence-corrected chi connectivity index (χ3v) is 6.41. The molecular formula is C26H31N3O3. The average molecular weight is 434 g/mol. The van der Waals surface area contributed by atoms with Crippen molar-refractivity contribution in [3.05, 3.63) is 75.1 Å². The summed E-state index contributed by atoms with van der Waals surface area (Å²) < 4.78 is 5.39. The van der Waals surface area contributed by atoms with Crippen molar-refractivity contribution in [2.45, 2.75) is 33.7 Å². The van der Waals surface area contributed by atoms with Crippen LogP contribution < -0.4 is 10.9 Å². The summed E-state index contributed by atoms with van der Waals surface area (Å²) in [6.45, 7) is 10.6. The fourth-order valence-electron chi connectivity index (χ4n) is 4.25. The quantitative estimate of drug-likeness (QED) is 0.600. The molecular weight excluding hydrogens is 402 g/mol. The molecule has 32 heavy (non-hydrogen) atoms. The van der Waals surface area contributed by atoms with E-state index in [1.54, 1.807) is 6.07 Å². The topological polar surface area (TPSA) is 65.8 Å². The number of anilines is 1. The summed E-state index contributed by atoms with van der Waals surface area (Å²) in [5, 5.41) is 4.06. The van der Waals surface area contributed by atoms with Crippen molar-refractivity contribution in [3.63, 3.8) is 0 Å². The van der Waals surface area contributed by atoms with Gasteiger partial charge in [-0.3, -0.25) is 14.6 Å². The van der Waals surface area contributed by atoms with Gasteiger partial charge in [-0.2, -0.15) is 0 Å². The minimum atomic E-state index is -0.307. The molecule has 4 rings (SSSR count). The van der Waals surface area contributed by atoms with Crippen LogP contribution >= 0.6 is 0 Å². The maximum Gasteiger partial charge on any atom is 0.336 e. The van der Waals surface area contributed by atoms with Crippen molar-refractivity contribution in [2.24, 2.45) is 0 Å². The number of nitrogens with zero attached hydrogens (tertiary/aromatic N) is 2. The van der Waals surface area contributed by atoms with Crippen molar-refractivity contribution >= 4 is 22.6 Å². The molecule has 168 valence electrons. The first kappa shape index (κ1) is 22.2. The zero-order chi connectivity index (χ0) is 22.7. The van der Waals surface area contributed by atoms with Gasteiger partial charge in [0.1, 0.15) is 5.58 Å². The molecule has 2 aromatic carbocycles.